The number of rotatable bonds is 8. The lowest BCUT2D eigenvalue weighted by molar-refractivity contribution is 0.299. The molecule has 24 heavy (non-hydrogen) atoms. The van der Waals surface area contributed by atoms with Crippen molar-refractivity contribution >= 4 is 0 Å². The fourth-order valence-corrected chi connectivity index (χ4v) is 1.74. The standard InChI is InChI=1S/2C10H14O2/c2*1-2-12-10-5-3-9(4-6-10)7-8-11/h2*3-6,11H,2,7-8H2,1H3/i1D3,2D2,8D2;1D3,2D2. The summed E-state index contributed by atoms with van der Waals surface area (Å²) in [6, 6.07) is 11.8. The van der Waals surface area contributed by atoms with Gasteiger partial charge in [0.25, 0.3) is 0 Å². The van der Waals surface area contributed by atoms with Crippen molar-refractivity contribution in [2.45, 2.75) is 26.5 Å². The smallest absolute Gasteiger partial charge is 0.119 e. The zero-order valence-electron chi connectivity index (χ0n) is 25.0. The Morgan fingerprint density at radius 2 is 1.25 bits per heavy atom. The molecule has 0 bridgehead atoms. The van der Waals surface area contributed by atoms with Crippen LogP contribution in [0.15, 0.2) is 48.5 Å². The molecule has 0 fully saturated rings. The van der Waals surface area contributed by atoms with E-state index in [1.54, 1.807) is 12.1 Å². The SMILES string of the molecule is [2H]C([2H])(O)Cc1ccc(OC([2H])([2H])C([2H])([2H])[2H])cc1.[2H]C([2H])([2H])C([2H])([2H])Oc1ccc(CCO)cc1. The van der Waals surface area contributed by atoms with Crippen LogP contribution >= 0.6 is 0 Å². The van der Waals surface area contributed by atoms with Crippen molar-refractivity contribution < 1.29 is 36.1 Å². The van der Waals surface area contributed by atoms with Gasteiger partial charge in [0, 0.05) is 21.4 Å². The summed E-state index contributed by atoms with van der Waals surface area (Å²) in [5.74, 6) is 0.163. The van der Waals surface area contributed by atoms with E-state index >= 15 is 0 Å². The maximum Gasteiger partial charge on any atom is 0.119 e. The minimum absolute atomic E-state index is 0.0170. The molecule has 2 aromatic carbocycles. The van der Waals surface area contributed by atoms with Gasteiger partial charge >= 0.3 is 0 Å². The molecule has 2 aromatic rings. The maximum absolute atomic E-state index is 9.00. The largest absolute Gasteiger partial charge is 0.494 e. The molecule has 2 rings (SSSR count). The number of aryl methyl sites for hydroxylation is 1. The fraction of sp³-hybridized carbons (Fsp3) is 0.400. The highest BCUT2D eigenvalue weighted by atomic mass is 16.5. The van der Waals surface area contributed by atoms with Gasteiger partial charge < -0.3 is 19.7 Å². The number of benzene rings is 2. The molecular weight excluding hydrogens is 304 g/mol. The summed E-state index contributed by atoms with van der Waals surface area (Å²) >= 11 is 0. The second kappa shape index (κ2) is 12.4. The molecule has 0 aromatic heterocycles. The first kappa shape index (κ1) is 8.37. The zero-order valence-corrected chi connectivity index (χ0v) is 13.0. The van der Waals surface area contributed by atoms with Crippen molar-refractivity contribution in [2.75, 3.05) is 26.3 Å². The Hall–Kier alpha value is -2.04. The molecule has 0 unspecified atom stereocenters. The van der Waals surface area contributed by atoms with Crippen molar-refractivity contribution in [2.24, 2.45) is 0 Å². The Bertz CT molecular complexity index is 934. The average molecular weight is 345 g/mol. The zero-order chi connectivity index (χ0) is 28.0. The highest BCUT2D eigenvalue weighted by Crippen LogP contribution is 2.12. The van der Waals surface area contributed by atoms with Crippen LogP contribution in [0.3, 0.4) is 0 Å². The van der Waals surface area contributed by atoms with Crippen molar-refractivity contribution in [3.8, 4) is 11.5 Å². The van der Waals surface area contributed by atoms with Crippen LogP contribution in [-0.2, 0) is 12.8 Å². The molecule has 0 saturated carbocycles. The van der Waals surface area contributed by atoms with Crippen LogP contribution in [0.25, 0.3) is 0 Å². The van der Waals surface area contributed by atoms with Gasteiger partial charge in [-0.15, -0.1) is 0 Å². The predicted molar refractivity (Wildman–Crippen MR) is 96.8 cm³/mol. The minimum Gasteiger partial charge on any atom is -0.494 e. The van der Waals surface area contributed by atoms with E-state index in [1.807, 2.05) is 0 Å². The molecular formula is C20H28O4. The summed E-state index contributed by atoms with van der Waals surface area (Å²) < 4.78 is 94.7. The van der Waals surface area contributed by atoms with E-state index in [1.165, 1.54) is 36.4 Å². The van der Waals surface area contributed by atoms with E-state index in [2.05, 4.69) is 0 Å². The molecule has 0 heterocycles. The van der Waals surface area contributed by atoms with Gasteiger partial charge in [-0.2, -0.15) is 0 Å². The van der Waals surface area contributed by atoms with Crippen LogP contribution in [0.2, 0.25) is 0 Å². The number of hydrogen-bond donors (Lipinski definition) is 2. The molecule has 0 atom stereocenters. The molecule has 0 radical (unpaired) electrons. The van der Waals surface area contributed by atoms with Gasteiger partial charge in [-0.3, -0.25) is 0 Å². The lowest BCUT2D eigenvalue weighted by Crippen LogP contribution is -1.93. The first-order valence-corrected chi connectivity index (χ1v) is 7.06. The number of aliphatic hydroxyl groups excluding tert-OH is 1. The molecule has 0 aliphatic rings. The number of ether oxygens (including phenoxy) is 2. The quantitative estimate of drug-likeness (QED) is 0.772. The first-order chi connectivity index (χ1) is 16.2. The van der Waals surface area contributed by atoms with Crippen LogP contribution < -0.4 is 9.47 Å². The van der Waals surface area contributed by atoms with E-state index in [-0.39, 0.29) is 24.5 Å². The molecule has 132 valence electrons. The van der Waals surface area contributed by atoms with Gasteiger partial charge in [0.05, 0.1) is 21.3 Å². The van der Waals surface area contributed by atoms with Crippen LogP contribution in [0.5, 0.6) is 11.5 Å². The highest BCUT2D eigenvalue weighted by molar-refractivity contribution is 5.28. The normalized spacial score (nSPS) is 20.1. The van der Waals surface area contributed by atoms with E-state index in [4.69, 9.17) is 36.1 Å². The van der Waals surface area contributed by atoms with Crippen LogP contribution in [0, 0.1) is 0 Å². The van der Waals surface area contributed by atoms with Crippen LogP contribution in [-0.4, -0.2) is 36.5 Å². The second-order valence-electron chi connectivity index (χ2n) is 4.50. The summed E-state index contributed by atoms with van der Waals surface area (Å²) in [6.45, 7) is -13.6. The Morgan fingerprint density at radius 3 is 1.62 bits per heavy atom. The molecule has 0 aliphatic carbocycles. The van der Waals surface area contributed by atoms with Crippen molar-refractivity contribution in [3.05, 3.63) is 59.7 Å². The van der Waals surface area contributed by atoms with E-state index in [0.717, 1.165) is 5.56 Å². The third kappa shape index (κ3) is 7.99. The summed E-state index contributed by atoms with van der Waals surface area (Å²) in [5, 5.41) is 17.7. The van der Waals surface area contributed by atoms with Gasteiger partial charge in [-0.05, 0) is 61.9 Å². The second-order valence-corrected chi connectivity index (χ2v) is 4.50. The minimum atomic E-state index is -2.91. The number of hydrogen-bond acceptors (Lipinski definition) is 4. The predicted octanol–water partition coefficient (Wildman–Crippen LogP) is 3.24. The third-order valence-corrected chi connectivity index (χ3v) is 2.87. The summed E-state index contributed by atoms with van der Waals surface area (Å²) in [4.78, 5) is 0. The Labute approximate surface area is 161 Å². The molecule has 2 N–H and O–H groups in total. The lowest BCUT2D eigenvalue weighted by atomic mass is 10.1. The molecule has 4 heteroatoms. The monoisotopic (exact) mass is 344 g/mol. The maximum atomic E-state index is 9.00. The van der Waals surface area contributed by atoms with E-state index in [0.29, 0.717) is 12.0 Å². The summed E-state index contributed by atoms with van der Waals surface area (Å²) in [7, 11) is 0. The van der Waals surface area contributed by atoms with Gasteiger partial charge in [0.1, 0.15) is 11.5 Å². The summed E-state index contributed by atoms with van der Waals surface area (Å²) in [5.41, 5.74) is 1.35. The Morgan fingerprint density at radius 1 is 0.792 bits per heavy atom. The van der Waals surface area contributed by atoms with Gasteiger partial charge in [0.2, 0.25) is 0 Å². The summed E-state index contributed by atoms with van der Waals surface area (Å²) in [6.07, 6.45) is 0.270. The topological polar surface area (TPSA) is 58.9 Å². The van der Waals surface area contributed by atoms with E-state index in [9.17, 15) is 0 Å². The average Bonchev–Trinajstić information content (AvgIpc) is 2.68. The lowest BCUT2D eigenvalue weighted by Gasteiger charge is -2.03. The van der Waals surface area contributed by atoms with E-state index < -0.39 is 33.4 Å². The highest BCUT2D eigenvalue weighted by Gasteiger charge is 1.94. The first-order valence-electron chi connectivity index (χ1n) is 13.1. The molecule has 0 spiro atoms. The van der Waals surface area contributed by atoms with Crippen LogP contribution in [0.1, 0.15) is 41.3 Å². The van der Waals surface area contributed by atoms with Crippen LogP contribution in [0.4, 0.5) is 0 Å². The van der Waals surface area contributed by atoms with Crippen molar-refractivity contribution in [1.82, 2.24) is 0 Å². The van der Waals surface area contributed by atoms with Gasteiger partial charge in [-0.25, -0.2) is 0 Å². The Kier molecular flexibility index (Phi) is 4.32. The molecule has 0 saturated heterocycles. The molecule has 0 amide bonds. The Balaban J connectivity index is 0.000000362. The number of aliphatic hydroxyl groups is 2. The van der Waals surface area contributed by atoms with Gasteiger partial charge in [-0.1, -0.05) is 24.3 Å². The fourth-order valence-electron chi connectivity index (χ4n) is 1.74. The molecule has 0 aliphatic heterocycles. The van der Waals surface area contributed by atoms with Crippen molar-refractivity contribution in [1.29, 1.82) is 0 Å². The third-order valence-electron chi connectivity index (χ3n) is 2.87. The molecule has 4 nitrogen and oxygen atoms in total. The van der Waals surface area contributed by atoms with Crippen molar-refractivity contribution in [3.63, 3.8) is 0 Å². The van der Waals surface area contributed by atoms with Gasteiger partial charge in [0.15, 0.2) is 0 Å².